The van der Waals surface area contributed by atoms with Gasteiger partial charge in [-0.25, -0.2) is 12.6 Å². The molecule has 3 aliphatic heterocycles. The van der Waals surface area contributed by atoms with E-state index in [1.165, 1.54) is 4.13 Å². The van der Waals surface area contributed by atoms with Gasteiger partial charge >= 0.3 is 16.3 Å². The quantitative estimate of drug-likeness (QED) is 0.584. The van der Waals surface area contributed by atoms with Crippen molar-refractivity contribution in [2.24, 2.45) is 5.92 Å². The minimum Gasteiger partial charge on any atom is -0.456 e. The first kappa shape index (κ1) is 13.2. The molecule has 0 aromatic carbocycles. The van der Waals surface area contributed by atoms with Gasteiger partial charge in [0.2, 0.25) is 10.0 Å². The summed E-state index contributed by atoms with van der Waals surface area (Å²) >= 11 is 0. The summed E-state index contributed by atoms with van der Waals surface area (Å²) in [5.74, 6) is -0.808. The molecule has 3 saturated heterocycles. The van der Waals surface area contributed by atoms with Crippen molar-refractivity contribution in [3.63, 3.8) is 0 Å². The average Bonchev–Trinajstić information content (AvgIpc) is 2.78. The van der Waals surface area contributed by atoms with Crippen LogP contribution in [0.1, 0.15) is 6.42 Å². The number of sulfonamides is 1. The number of carbonyl (C=O) groups excluding carboxylic acids is 1. The molecule has 0 spiro atoms. The second-order valence-electron chi connectivity index (χ2n) is 4.75. The number of nitrogens with one attached hydrogen (secondary N) is 1. The maximum atomic E-state index is 11.5. The summed E-state index contributed by atoms with van der Waals surface area (Å²) in [6.07, 6.45) is -1.88. The smallest absolute Gasteiger partial charge is 0.349 e. The van der Waals surface area contributed by atoms with Crippen molar-refractivity contribution in [3.05, 3.63) is 0 Å². The van der Waals surface area contributed by atoms with E-state index in [1.807, 2.05) is 0 Å². The number of esters is 1. The van der Waals surface area contributed by atoms with E-state index in [9.17, 15) is 21.6 Å². The summed E-state index contributed by atoms with van der Waals surface area (Å²) in [6, 6.07) is 0. The van der Waals surface area contributed by atoms with Gasteiger partial charge in [0.05, 0.1) is 18.3 Å². The van der Waals surface area contributed by atoms with E-state index in [-0.39, 0.29) is 5.92 Å². The molecule has 0 saturated carbocycles. The minimum absolute atomic E-state index is 0.319. The largest absolute Gasteiger partial charge is 0.456 e. The summed E-state index contributed by atoms with van der Waals surface area (Å²) in [6.45, 7) is 0. The molecule has 0 aromatic heterocycles. The highest BCUT2D eigenvalue weighted by atomic mass is 32.3. The molecule has 3 heterocycles. The van der Waals surface area contributed by atoms with E-state index >= 15 is 0 Å². The predicted molar refractivity (Wildman–Crippen MR) is 58.4 cm³/mol. The molecule has 5 atom stereocenters. The van der Waals surface area contributed by atoms with Crippen LogP contribution in [0.2, 0.25) is 0 Å². The molecule has 108 valence electrons. The second kappa shape index (κ2) is 3.88. The molecule has 0 radical (unpaired) electrons. The molecule has 0 amide bonds. The molecule has 5 unspecified atom stereocenters. The first-order valence-corrected chi connectivity index (χ1v) is 8.74. The Balaban J connectivity index is 1.77. The van der Waals surface area contributed by atoms with Crippen LogP contribution in [0, 0.1) is 5.92 Å². The van der Waals surface area contributed by atoms with Gasteiger partial charge in [-0.2, -0.15) is 8.42 Å². The fourth-order valence-electron chi connectivity index (χ4n) is 2.71. The summed E-state index contributed by atoms with van der Waals surface area (Å²) in [5, 5.41) is 0. The molecule has 19 heavy (non-hydrogen) atoms. The van der Waals surface area contributed by atoms with E-state index in [0.717, 1.165) is 0 Å². The second-order valence-corrected chi connectivity index (χ2v) is 8.07. The van der Waals surface area contributed by atoms with Crippen LogP contribution in [0.4, 0.5) is 0 Å². The van der Waals surface area contributed by atoms with Crippen LogP contribution < -0.4 is 4.13 Å². The fourth-order valence-corrected chi connectivity index (χ4v) is 4.87. The number of carbonyl (C=O) groups is 1. The van der Waals surface area contributed by atoms with Crippen LogP contribution in [0.15, 0.2) is 0 Å². The lowest BCUT2D eigenvalue weighted by molar-refractivity contribution is -0.145. The highest BCUT2D eigenvalue weighted by molar-refractivity contribution is 8.02. The standard InChI is InChI=1S/C8H11NO8S2/c1-18(11,12)9-19(13,14)17-6-4-2-3-5(15-4)7(6)16-8(3)10/h3-7,9H,2H2,1H3. The number of hydrogen-bond acceptors (Lipinski definition) is 8. The van der Waals surface area contributed by atoms with Crippen LogP contribution >= 0.6 is 0 Å². The molecule has 2 bridgehead atoms. The third kappa shape index (κ3) is 2.25. The molecule has 0 aromatic rings. The molecule has 3 aliphatic rings. The first-order chi connectivity index (χ1) is 8.66. The molecule has 1 N–H and O–H groups in total. The van der Waals surface area contributed by atoms with Gasteiger partial charge in [-0.05, 0) is 6.42 Å². The van der Waals surface area contributed by atoms with Gasteiger partial charge in [0.15, 0.2) is 6.10 Å². The molecular formula is C8H11NO8S2. The van der Waals surface area contributed by atoms with Gasteiger partial charge in [0.25, 0.3) is 0 Å². The van der Waals surface area contributed by atoms with Crippen molar-refractivity contribution >= 4 is 26.3 Å². The van der Waals surface area contributed by atoms with Crippen LogP contribution in [-0.2, 0) is 38.8 Å². The molecular weight excluding hydrogens is 302 g/mol. The lowest BCUT2D eigenvalue weighted by atomic mass is 9.88. The normalized spacial score (nSPS) is 40.7. The summed E-state index contributed by atoms with van der Waals surface area (Å²) in [4.78, 5) is 11.4. The van der Waals surface area contributed by atoms with E-state index < -0.39 is 50.7 Å². The third-order valence-electron chi connectivity index (χ3n) is 3.27. The Morgan fingerprint density at radius 2 is 1.95 bits per heavy atom. The Morgan fingerprint density at radius 1 is 1.26 bits per heavy atom. The lowest BCUT2D eigenvalue weighted by Gasteiger charge is -2.21. The predicted octanol–water partition coefficient (Wildman–Crippen LogP) is -2.12. The van der Waals surface area contributed by atoms with Crippen molar-refractivity contribution in [1.29, 1.82) is 0 Å². The Labute approximate surface area is 109 Å². The third-order valence-corrected chi connectivity index (χ3v) is 5.78. The zero-order valence-corrected chi connectivity index (χ0v) is 11.3. The fraction of sp³-hybridized carbons (Fsp3) is 0.875. The van der Waals surface area contributed by atoms with Crippen molar-refractivity contribution in [2.75, 3.05) is 6.26 Å². The number of ether oxygens (including phenoxy) is 2. The first-order valence-electron chi connectivity index (χ1n) is 5.44. The van der Waals surface area contributed by atoms with E-state index in [1.54, 1.807) is 0 Å². The van der Waals surface area contributed by atoms with Crippen molar-refractivity contribution < 1.29 is 35.3 Å². The monoisotopic (exact) mass is 313 g/mol. The van der Waals surface area contributed by atoms with Gasteiger partial charge in [-0.3, -0.25) is 4.79 Å². The summed E-state index contributed by atoms with van der Waals surface area (Å²) in [7, 11) is -8.47. The van der Waals surface area contributed by atoms with Crippen LogP contribution in [-0.4, -0.2) is 53.5 Å². The van der Waals surface area contributed by atoms with E-state index in [0.29, 0.717) is 12.7 Å². The Morgan fingerprint density at radius 3 is 2.58 bits per heavy atom. The highest BCUT2D eigenvalue weighted by Crippen LogP contribution is 2.47. The number of hydrogen-bond donors (Lipinski definition) is 1. The highest BCUT2D eigenvalue weighted by Gasteiger charge is 2.65. The Bertz CT molecular complexity index is 625. The molecule has 9 nitrogen and oxygen atoms in total. The van der Waals surface area contributed by atoms with E-state index in [2.05, 4.69) is 0 Å². The Hall–Kier alpha value is -0.750. The van der Waals surface area contributed by atoms with E-state index in [4.69, 9.17) is 13.7 Å². The van der Waals surface area contributed by atoms with Crippen LogP contribution in [0.5, 0.6) is 0 Å². The Kier molecular flexibility index (Phi) is 2.71. The minimum atomic E-state index is -4.50. The van der Waals surface area contributed by atoms with Gasteiger partial charge in [-0.15, -0.1) is 0 Å². The lowest BCUT2D eigenvalue weighted by Crippen LogP contribution is -2.43. The number of fused-ring (bicyclic) bond motifs is 1. The SMILES string of the molecule is CS(=O)(=O)NS(=O)(=O)OC1C2CC3C(=O)OC1C3O2. The van der Waals surface area contributed by atoms with Crippen LogP contribution in [0.25, 0.3) is 0 Å². The van der Waals surface area contributed by atoms with Gasteiger partial charge in [0.1, 0.15) is 12.2 Å². The van der Waals surface area contributed by atoms with Gasteiger partial charge in [0, 0.05) is 0 Å². The zero-order chi connectivity index (χ0) is 14.0. The molecule has 3 fully saturated rings. The topological polar surface area (TPSA) is 125 Å². The maximum absolute atomic E-state index is 11.5. The summed E-state index contributed by atoms with van der Waals surface area (Å²) in [5.41, 5.74) is 0. The van der Waals surface area contributed by atoms with Crippen molar-refractivity contribution in [2.45, 2.75) is 30.8 Å². The average molecular weight is 313 g/mol. The van der Waals surface area contributed by atoms with Gasteiger partial charge < -0.3 is 9.47 Å². The summed E-state index contributed by atoms with van der Waals surface area (Å²) < 4.78 is 61.4. The zero-order valence-electron chi connectivity index (χ0n) is 9.68. The van der Waals surface area contributed by atoms with Crippen molar-refractivity contribution in [1.82, 2.24) is 4.13 Å². The molecule has 0 aliphatic carbocycles. The number of rotatable bonds is 4. The maximum Gasteiger partial charge on any atom is 0.349 e. The molecule has 3 rings (SSSR count). The molecule has 11 heteroatoms. The van der Waals surface area contributed by atoms with Gasteiger partial charge in [-0.1, -0.05) is 4.13 Å². The van der Waals surface area contributed by atoms with Crippen LogP contribution in [0.3, 0.4) is 0 Å². The van der Waals surface area contributed by atoms with Crippen molar-refractivity contribution in [3.8, 4) is 0 Å².